The summed E-state index contributed by atoms with van der Waals surface area (Å²) in [5, 5.41) is 8.28. The average molecular weight is 425 g/mol. The maximum atomic E-state index is 12.9. The predicted octanol–water partition coefficient (Wildman–Crippen LogP) is 4.25. The van der Waals surface area contributed by atoms with Crippen LogP contribution in [0.25, 0.3) is 11.3 Å². The zero-order chi connectivity index (χ0) is 21.3. The highest BCUT2D eigenvalue weighted by Crippen LogP contribution is 2.32. The topological polar surface area (TPSA) is 101 Å². The van der Waals surface area contributed by atoms with Crippen molar-refractivity contribution in [3.63, 3.8) is 0 Å². The Bertz CT molecular complexity index is 1060. The molecule has 3 N–H and O–H groups in total. The molecule has 2 aromatic heterocycles. The predicted molar refractivity (Wildman–Crippen MR) is 117 cm³/mol. The van der Waals surface area contributed by atoms with Crippen LogP contribution in [0.15, 0.2) is 36.4 Å². The number of nitrogens with zero attached hydrogens (tertiary/aromatic N) is 4. The van der Waals surface area contributed by atoms with Crippen LogP contribution in [-0.2, 0) is 0 Å². The lowest BCUT2D eigenvalue weighted by atomic mass is 9.93. The van der Waals surface area contributed by atoms with E-state index in [0.717, 1.165) is 35.5 Å². The first-order valence-electron chi connectivity index (χ1n) is 10.2. The summed E-state index contributed by atoms with van der Waals surface area (Å²) in [5.41, 5.74) is 9.79. The zero-order valence-electron chi connectivity index (χ0n) is 17.1. The number of aromatic amines is 1. The zero-order valence-corrected chi connectivity index (χ0v) is 17.9. The van der Waals surface area contributed by atoms with Crippen molar-refractivity contribution in [2.45, 2.75) is 38.5 Å². The quantitative estimate of drug-likeness (QED) is 0.652. The largest absolute Gasteiger partial charge is 0.368 e. The fourth-order valence-corrected chi connectivity index (χ4v) is 4.03. The highest BCUT2D eigenvalue weighted by atomic mass is 35.5. The van der Waals surface area contributed by atoms with Gasteiger partial charge in [-0.25, -0.2) is 9.97 Å². The van der Waals surface area contributed by atoms with Crippen molar-refractivity contribution in [3.05, 3.63) is 58.5 Å². The van der Waals surface area contributed by atoms with Gasteiger partial charge in [0.15, 0.2) is 0 Å². The van der Waals surface area contributed by atoms with Crippen LogP contribution in [0, 0.1) is 0 Å². The number of nitrogens with two attached hydrogens (primary N) is 1. The van der Waals surface area contributed by atoms with Gasteiger partial charge in [0.05, 0.1) is 10.7 Å². The summed E-state index contributed by atoms with van der Waals surface area (Å²) in [7, 11) is 0. The smallest absolute Gasteiger partial charge is 0.272 e. The van der Waals surface area contributed by atoms with Gasteiger partial charge in [0.25, 0.3) is 5.91 Å². The van der Waals surface area contributed by atoms with Crippen molar-refractivity contribution in [2.75, 3.05) is 18.8 Å². The number of amides is 1. The number of halogens is 1. The van der Waals surface area contributed by atoms with Gasteiger partial charge >= 0.3 is 0 Å². The molecule has 4 rings (SSSR count). The minimum atomic E-state index is -0.0918. The van der Waals surface area contributed by atoms with Crippen LogP contribution in [0.5, 0.6) is 0 Å². The van der Waals surface area contributed by atoms with Crippen LogP contribution < -0.4 is 5.73 Å². The molecule has 0 spiro atoms. The number of rotatable bonds is 4. The number of nitrogen functional groups attached to an aromatic ring is 1. The van der Waals surface area contributed by atoms with Gasteiger partial charge in [0, 0.05) is 36.0 Å². The molecule has 0 bridgehead atoms. The Morgan fingerprint density at radius 3 is 2.63 bits per heavy atom. The molecule has 0 unspecified atom stereocenters. The van der Waals surface area contributed by atoms with Gasteiger partial charge in [-0.15, -0.1) is 0 Å². The van der Waals surface area contributed by atoms with E-state index in [2.05, 4.69) is 26.2 Å². The van der Waals surface area contributed by atoms with Crippen LogP contribution in [-0.4, -0.2) is 44.1 Å². The summed E-state index contributed by atoms with van der Waals surface area (Å²) in [6.45, 7) is 5.35. The van der Waals surface area contributed by atoms with Gasteiger partial charge in [0.2, 0.25) is 5.95 Å². The van der Waals surface area contributed by atoms with Gasteiger partial charge in [-0.2, -0.15) is 5.10 Å². The van der Waals surface area contributed by atoms with Crippen molar-refractivity contribution in [3.8, 4) is 11.3 Å². The first kappa shape index (κ1) is 20.3. The van der Waals surface area contributed by atoms with Crippen LogP contribution in [0.2, 0.25) is 5.02 Å². The van der Waals surface area contributed by atoms with Gasteiger partial charge < -0.3 is 10.6 Å². The van der Waals surface area contributed by atoms with Crippen molar-refractivity contribution < 1.29 is 4.79 Å². The summed E-state index contributed by atoms with van der Waals surface area (Å²) in [6.07, 6.45) is 1.71. The van der Waals surface area contributed by atoms with E-state index in [1.165, 1.54) is 0 Å². The number of H-pyrrole nitrogens is 1. The molecule has 7 nitrogen and oxygen atoms in total. The summed E-state index contributed by atoms with van der Waals surface area (Å²) in [6, 6.07) is 11.5. The molecule has 3 aromatic rings. The lowest BCUT2D eigenvalue weighted by Gasteiger charge is -2.31. The number of hydrogen-bond acceptors (Lipinski definition) is 5. The van der Waals surface area contributed by atoms with Crippen LogP contribution >= 0.6 is 11.6 Å². The number of likely N-dealkylation sites (tertiary alicyclic amines) is 1. The second-order valence-electron chi connectivity index (χ2n) is 7.95. The Morgan fingerprint density at radius 2 is 1.93 bits per heavy atom. The second kappa shape index (κ2) is 8.44. The maximum absolute atomic E-state index is 12.9. The Balaban J connectivity index is 1.43. The van der Waals surface area contributed by atoms with Gasteiger partial charge in [0.1, 0.15) is 5.69 Å². The van der Waals surface area contributed by atoms with E-state index in [1.807, 2.05) is 43.0 Å². The third kappa shape index (κ3) is 4.16. The van der Waals surface area contributed by atoms with E-state index in [9.17, 15) is 4.79 Å². The lowest BCUT2D eigenvalue weighted by molar-refractivity contribution is 0.0706. The number of anilines is 1. The molecule has 1 saturated heterocycles. The van der Waals surface area contributed by atoms with E-state index in [0.29, 0.717) is 29.7 Å². The van der Waals surface area contributed by atoms with Gasteiger partial charge in [-0.05, 0) is 37.0 Å². The van der Waals surface area contributed by atoms with Crippen LogP contribution in [0.1, 0.15) is 60.4 Å². The van der Waals surface area contributed by atoms with Crippen molar-refractivity contribution in [1.82, 2.24) is 25.1 Å². The number of hydrogen-bond donors (Lipinski definition) is 2. The van der Waals surface area contributed by atoms with E-state index >= 15 is 0 Å². The molecule has 30 heavy (non-hydrogen) atoms. The third-order valence-corrected chi connectivity index (χ3v) is 5.87. The minimum Gasteiger partial charge on any atom is -0.368 e. The molecule has 8 heteroatoms. The van der Waals surface area contributed by atoms with Gasteiger partial charge in [-0.1, -0.05) is 43.6 Å². The molecular weight excluding hydrogens is 400 g/mol. The number of carbonyl (C=O) groups is 1. The molecular formula is C22H25ClN6O. The Kier molecular flexibility index (Phi) is 5.72. The summed E-state index contributed by atoms with van der Waals surface area (Å²) >= 11 is 6.29. The third-order valence-electron chi connectivity index (χ3n) is 5.54. The molecule has 1 aromatic carbocycles. The molecule has 0 aliphatic carbocycles. The molecule has 1 aliphatic rings. The first-order chi connectivity index (χ1) is 14.4. The second-order valence-corrected chi connectivity index (χ2v) is 8.35. The molecule has 156 valence electrons. The molecule has 0 saturated carbocycles. The van der Waals surface area contributed by atoms with Gasteiger partial charge in [-0.3, -0.25) is 9.89 Å². The minimum absolute atomic E-state index is 0.0918. The number of carbonyl (C=O) groups excluding carboxylic acids is 1. The number of aromatic nitrogens is 4. The van der Waals surface area contributed by atoms with Crippen LogP contribution in [0.4, 0.5) is 5.95 Å². The normalized spacial score (nSPS) is 15.0. The molecule has 1 aliphatic heterocycles. The SMILES string of the molecule is CC(C)c1cc(C(=O)N2CCC(c3cc(-c4ccccc4Cl)n[nH]3)CC2)nc(N)n1. The summed E-state index contributed by atoms with van der Waals surface area (Å²) < 4.78 is 0. The highest BCUT2D eigenvalue weighted by molar-refractivity contribution is 6.33. The fourth-order valence-electron chi connectivity index (χ4n) is 3.80. The molecule has 1 fully saturated rings. The highest BCUT2D eigenvalue weighted by Gasteiger charge is 2.27. The molecule has 0 radical (unpaired) electrons. The monoisotopic (exact) mass is 424 g/mol. The van der Waals surface area contributed by atoms with E-state index < -0.39 is 0 Å². The number of nitrogens with one attached hydrogen (secondary N) is 1. The summed E-state index contributed by atoms with van der Waals surface area (Å²) in [5.74, 6) is 0.551. The van der Waals surface area contributed by atoms with Crippen molar-refractivity contribution in [2.24, 2.45) is 0 Å². The van der Waals surface area contributed by atoms with E-state index in [-0.39, 0.29) is 17.8 Å². The lowest BCUT2D eigenvalue weighted by Crippen LogP contribution is -2.38. The summed E-state index contributed by atoms with van der Waals surface area (Å²) in [4.78, 5) is 23.2. The number of benzene rings is 1. The molecule has 1 amide bonds. The molecule has 0 atom stereocenters. The van der Waals surface area contributed by atoms with Crippen molar-refractivity contribution in [1.29, 1.82) is 0 Å². The maximum Gasteiger partial charge on any atom is 0.272 e. The Hall–Kier alpha value is -2.93. The molecule has 3 heterocycles. The standard InChI is InChI=1S/C22H25ClN6O/c1-13(2)17-11-20(26-22(24)25-17)21(30)29-9-7-14(8-10-29)18-12-19(28-27-18)15-5-3-4-6-16(15)23/h3-6,11-14H,7-10H2,1-2H3,(H,27,28)(H2,24,25,26). The Morgan fingerprint density at radius 1 is 1.20 bits per heavy atom. The van der Waals surface area contributed by atoms with E-state index in [1.54, 1.807) is 6.07 Å². The van der Waals surface area contributed by atoms with E-state index in [4.69, 9.17) is 17.3 Å². The fraction of sp³-hybridized carbons (Fsp3) is 0.364. The van der Waals surface area contributed by atoms with Crippen LogP contribution in [0.3, 0.4) is 0 Å². The Labute approximate surface area is 180 Å². The van der Waals surface area contributed by atoms with Crippen molar-refractivity contribution >= 4 is 23.5 Å². The first-order valence-corrected chi connectivity index (χ1v) is 10.5. The number of piperidine rings is 1. The average Bonchev–Trinajstić information content (AvgIpc) is 3.23.